The van der Waals surface area contributed by atoms with E-state index in [0.717, 1.165) is 31.5 Å². The molecule has 0 unspecified atom stereocenters. The molecule has 1 saturated heterocycles. The van der Waals surface area contributed by atoms with Gasteiger partial charge in [-0.3, -0.25) is 9.59 Å². The van der Waals surface area contributed by atoms with Crippen LogP contribution < -0.4 is 15.0 Å². The average Bonchev–Trinajstić information content (AvgIpc) is 3.02. The van der Waals surface area contributed by atoms with Gasteiger partial charge in [-0.2, -0.15) is 0 Å². The lowest BCUT2D eigenvalue weighted by Crippen LogP contribution is -2.34. The minimum atomic E-state index is -0.242. The number of amides is 1. The molecule has 26 heavy (non-hydrogen) atoms. The summed E-state index contributed by atoms with van der Waals surface area (Å²) in [5, 5.41) is 2.93. The SMILES string of the molecule is O=C(CC1CCN(c2ccccc2)CC1)Nc1ccc2c(c1)OC(=O)C2. The molecule has 2 aromatic rings. The Bertz CT molecular complexity index is 811. The van der Waals surface area contributed by atoms with Crippen LogP contribution in [0.3, 0.4) is 0 Å². The molecule has 0 spiro atoms. The van der Waals surface area contributed by atoms with Crippen LogP contribution in [0.2, 0.25) is 0 Å². The molecule has 1 amide bonds. The molecule has 0 radical (unpaired) electrons. The van der Waals surface area contributed by atoms with Crippen LogP contribution in [-0.2, 0) is 16.0 Å². The lowest BCUT2D eigenvalue weighted by molar-refractivity contribution is -0.131. The van der Waals surface area contributed by atoms with Gasteiger partial charge in [-0.05, 0) is 37.0 Å². The van der Waals surface area contributed by atoms with Crippen molar-refractivity contribution in [2.45, 2.75) is 25.7 Å². The third-order valence-corrected chi connectivity index (χ3v) is 5.12. The molecule has 2 aromatic carbocycles. The number of nitrogens with one attached hydrogen (secondary N) is 1. The fourth-order valence-corrected chi connectivity index (χ4v) is 3.70. The van der Waals surface area contributed by atoms with E-state index < -0.39 is 0 Å². The molecule has 2 aliphatic heterocycles. The van der Waals surface area contributed by atoms with Crippen molar-refractivity contribution in [2.24, 2.45) is 5.92 Å². The van der Waals surface area contributed by atoms with Crippen LogP contribution in [0.15, 0.2) is 48.5 Å². The van der Waals surface area contributed by atoms with Crippen molar-refractivity contribution in [1.82, 2.24) is 0 Å². The van der Waals surface area contributed by atoms with Gasteiger partial charge in [0.15, 0.2) is 0 Å². The maximum absolute atomic E-state index is 12.4. The third kappa shape index (κ3) is 3.72. The highest BCUT2D eigenvalue weighted by molar-refractivity contribution is 5.92. The number of rotatable bonds is 4. The zero-order chi connectivity index (χ0) is 17.9. The first-order valence-corrected chi connectivity index (χ1v) is 9.11. The Balaban J connectivity index is 1.28. The van der Waals surface area contributed by atoms with E-state index in [1.807, 2.05) is 18.2 Å². The number of esters is 1. The molecule has 5 heteroatoms. The van der Waals surface area contributed by atoms with Crippen LogP contribution in [0.5, 0.6) is 5.75 Å². The van der Waals surface area contributed by atoms with Crippen LogP contribution in [0, 0.1) is 5.92 Å². The van der Waals surface area contributed by atoms with Gasteiger partial charge in [-0.15, -0.1) is 0 Å². The van der Waals surface area contributed by atoms with Crippen molar-refractivity contribution in [3.63, 3.8) is 0 Å². The van der Waals surface area contributed by atoms with E-state index in [1.54, 1.807) is 6.07 Å². The normalized spacial score (nSPS) is 16.9. The van der Waals surface area contributed by atoms with Crippen molar-refractivity contribution in [3.05, 3.63) is 54.1 Å². The Morgan fingerprint density at radius 1 is 1.12 bits per heavy atom. The Kier molecular flexibility index (Phi) is 4.61. The summed E-state index contributed by atoms with van der Waals surface area (Å²) in [6.45, 7) is 1.97. The predicted octanol–water partition coefficient (Wildman–Crippen LogP) is 3.39. The van der Waals surface area contributed by atoms with E-state index in [2.05, 4.69) is 34.5 Å². The van der Waals surface area contributed by atoms with Crippen molar-refractivity contribution >= 4 is 23.3 Å². The second kappa shape index (κ2) is 7.20. The minimum absolute atomic E-state index is 0.0208. The number of piperidine rings is 1. The van der Waals surface area contributed by atoms with E-state index in [4.69, 9.17) is 4.74 Å². The fourth-order valence-electron chi connectivity index (χ4n) is 3.70. The summed E-state index contributed by atoms with van der Waals surface area (Å²) < 4.78 is 5.14. The van der Waals surface area contributed by atoms with Crippen molar-refractivity contribution in [2.75, 3.05) is 23.3 Å². The first-order chi connectivity index (χ1) is 12.7. The molecule has 0 saturated carbocycles. The van der Waals surface area contributed by atoms with Crippen molar-refractivity contribution in [3.8, 4) is 5.75 Å². The topological polar surface area (TPSA) is 58.6 Å². The van der Waals surface area contributed by atoms with E-state index in [1.165, 1.54) is 5.69 Å². The highest BCUT2D eigenvalue weighted by Gasteiger charge is 2.23. The van der Waals surface area contributed by atoms with Crippen molar-refractivity contribution in [1.29, 1.82) is 0 Å². The average molecular weight is 350 g/mol. The minimum Gasteiger partial charge on any atom is -0.426 e. The standard InChI is InChI=1S/C21H22N2O3/c24-20(22-17-7-6-16-13-21(25)26-19(16)14-17)12-15-8-10-23(11-9-15)18-4-2-1-3-5-18/h1-7,14-15H,8-13H2,(H,22,24). The molecule has 5 nitrogen and oxygen atoms in total. The van der Waals surface area contributed by atoms with Crippen LogP contribution in [0.1, 0.15) is 24.8 Å². The Morgan fingerprint density at radius 2 is 1.88 bits per heavy atom. The second-order valence-electron chi connectivity index (χ2n) is 6.99. The van der Waals surface area contributed by atoms with Crippen LogP contribution in [-0.4, -0.2) is 25.0 Å². The molecule has 1 N–H and O–H groups in total. The molecular formula is C21H22N2O3. The van der Waals surface area contributed by atoms with E-state index in [9.17, 15) is 9.59 Å². The number of ether oxygens (including phenoxy) is 1. The number of benzene rings is 2. The highest BCUT2D eigenvalue weighted by atomic mass is 16.5. The fraction of sp³-hybridized carbons (Fsp3) is 0.333. The van der Waals surface area contributed by atoms with Gasteiger partial charge in [-0.1, -0.05) is 24.3 Å². The first kappa shape index (κ1) is 16.6. The zero-order valence-electron chi connectivity index (χ0n) is 14.6. The number of para-hydroxylation sites is 1. The van der Waals surface area contributed by atoms with E-state index in [0.29, 0.717) is 30.2 Å². The largest absolute Gasteiger partial charge is 0.426 e. The number of carbonyl (C=O) groups is 2. The molecule has 0 atom stereocenters. The van der Waals surface area contributed by atoms with Crippen LogP contribution >= 0.6 is 0 Å². The van der Waals surface area contributed by atoms with Gasteiger partial charge in [0.05, 0.1) is 6.42 Å². The van der Waals surface area contributed by atoms with Gasteiger partial charge >= 0.3 is 5.97 Å². The summed E-state index contributed by atoms with van der Waals surface area (Å²) in [6, 6.07) is 15.8. The second-order valence-corrected chi connectivity index (χ2v) is 6.99. The van der Waals surface area contributed by atoms with Gasteiger partial charge < -0.3 is 15.0 Å². The molecule has 1 fully saturated rings. The number of anilines is 2. The molecule has 0 aliphatic carbocycles. The summed E-state index contributed by atoms with van der Waals surface area (Å²) in [5.74, 6) is 0.743. The maximum atomic E-state index is 12.4. The Hall–Kier alpha value is -2.82. The van der Waals surface area contributed by atoms with Gasteiger partial charge in [-0.25, -0.2) is 0 Å². The molecule has 2 aliphatic rings. The van der Waals surface area contributed by atoms with E-state index >= 15 is 0 Å². The monoisotopic (exact) mass is 350 g/mol. The van der Waals surface area contributed by atoms with Crippen LogP contribution in [0.25, 0.3) is 0 Å². The predicted molar refractivity (Wildman–Crippen MR) is 100 cm³/mol. The summed E-state index contributed by atoms with van der Waals surface area (Å²) >= 11 is 0. The summed E-state index contributed by atoms with van der Waals surface area (Å²) in [7, 11) is 0. The van der Waals surface area contributed by atoms with Gasteiger partial charge in [0.2, 0.25) is 5.91 Å². The molecule has 0 aromatic heterocycles. The molecule has 4 rings (SSSR count). The molecule has 0 bridgehead atoms. The first-order valence-electron chi connectivity index (χ1n) is 9.11. The summed E-state index contributed by atoms with van der Waals surface area (Å²) in [5.41, 5.74) is 2.81. The summed E-state index contributed by atoms with van der Waals surface area (Å²) in [6.07, 6.45) is 2.87. The number of hydrogen-bond donors (Lipinski definition) is 1. The number of carbonyl (C=O) groups excluding carboxylic acids is 2. The molecule has 2 heterocycles. The van der Waals surface area contributed by atoms with E-state index in [-0.39, 0.29) is 11.9 Å². The highest BCUT2D eigenvalue weighted by Crippen LogP contribution is 2.30. The lowest BCUT2D eigenvalue weighted by atomic mass is 9.93. The van der Waals surface area contributed by atoms with Gasteiger partial charge in [0.1, 0.15) is 5.75 Å². The molecular weight excluding hydrogens is 328 g/mol. The smallest absolute Gasteiger partial charge is 0.315 e. The molecule has 134 valence electrons. The number of nitrogens with zero attached hydrogens (tertiary/aromatic N) is 1. The van der Waals surface area contributed by atoms with Gasteiger partial charge in [0.25, 0.3) is 0 Å². The third-order valence-electron chi connectivity index (χ3n) is 5.12. The number of hydrogen-bond acceptors (Lipinski definition) is 4. The summed E-state index contributed by atoms with van der Waals surface area (Å²) in [4.78, 5) is 26.1. The van der Waals surface area contributed by atoms with Crippen LogP contribution in [0.4, 0.5) is 11.4 Å². The van der Waals surface area contributed by atoms with Crippen molar-refractivity contribution < 1.29 is 14.3 Å². The zero-order valence-corrected chi connectivity index (χ0v) is 14.6. The quantitative estimate of drug-likeness (QED) is 0.678. The van der Waals surface area contributed by atoms with Gasteiger partial charge in [0, 0.05) is 42.5 Å². The Labute approximate surface area is 153 Å². The number of fused-ring (bicyclic) bond motifs is 1. The Morgan fingerprint density at radius 3 is 2.65 bits per heavy atom. The lowest BCUT2D eigenvalue weighted by Gasteiger charge is -2.33. The maximum Gasteiger partial charge on any atom is 0.315 e.